The van der Waals surface area contributed by atoms with Crippen LogP contribution in [0.5, 0.6) is 0 Å². The number of benzene rings is 1. The molecule has 1 aromatic heterocycles. The summed E-state index contributed by atoms with van der Waals surface area (Å²) in [5, 5.41) is 0. The third kappa shape index (κ3) is 2.18. The average molecular weight is 204 g/mol. The Balaban J connectivity index is 2.21. The average Bonchev–Trinajstić information content (AvgIpc) is 2.68. The maximum atomic E-state index is 5.66. The molecule has 3 heteroatoms. The standard InChI is InChI=1S/C12H16N2O/c1-2-9(8-13)7-12-14-10-5-3-4-6-11(10)15-12/h3-6,9H,2,7-8,13H2,1H3. The topological polar surface area (TPSA) is 52.0 Å². The van der Waals surface area contributed by atoms with E-state index >= 15 is 0 Å². The number of para-hydroxylation sites is 2. The molecule has 1 unspecified atom stereocenters. The number of fused-ring (bicyclic) bond motifs is 1. The SMILES string of the molecule is CCC(CN)Cc1nc2ccccc2o1. The molecule has 0 aliphatic heterocycles. The van der Waals surface area contributed by atoms with Crippen LogP contribution in [0.3, 0.4) is 0 Å². The van der Waals surface area contributed by atoms with Crippen molar-refractivity contribution in [2.75, 3.05) is 6.54 Å². The highest BCUT2D eigenvalue weighted by molar-refractivity contribution is 5.72. The molecule has 0 amide bonds. The first-order valence-electron chi connectivity index (χ1n) is 5.38. The van der Waals surface area contributed by atoms with Crippen LogP contribution in [0.2, 0.25) is 0 Å². The van der Waals surface area contributed by atoms with E-state index in [1.807, 2.05) is 24.3 Å². The number of oxazole rings is 1. The van der Waals surface area contributed by atoms with E-state index in [1.54, 1.807) is 0 Å². The van der Waals surface area contributed by atoms with Crippen molar-refractivity contribution in [1.82, 2.24) is 4.98 Å². The van der Waals surface area contributed by atoms with Gasteiger partial charge in [0.05, 0.1) is 0 Å². The Bertz CT molecular complexity index is 399. The van der Waals surface area contributed by atoms with Crippen molar-refractivity contribution >= 4 is 11.1 Å². The third-order valence-electron chi connectivity index (χ3n) is 2.71. The Labute approximate surface area is 89.3 Å². The molecule has 0 aliphatic rings. The molecule has 1 atom stereocenters. The number of hydrogen-bond acceptors (Lipinski definition) is 3. The molecule has 15 heavy (non-hydrogen) atoms. The van der Waals surface area contributed by atoms with E-state index in [4.69, 9.17) is 10.2 Å². The van der Waals surface area contributed by atoms with E-state index in [0.29, 0.717) is 12.5 Å². The molecular formula is C12H16N2O. The molecule has 2 rings (SSSR count). The van der Waals surface area contributed by atoms with Crippen molar-refractivity contribution in [2.45, 2.75) is 19.8 Å². The largest absolute Gasteiger partial charge is 0.441 e. The quantitative estimate of drug-likeness (QED) is 0.831. The van der Waals surface area contributed by atoms with Crippen LogP contribution in [0, 0.1) is 5.92 Å². The van der Waals surface area contributed by atoms with Gasteiger partial charge in [-0.1, -0.05) is 25.5 Å². The molecule has 1 heterocycles. The van der Waals surface area contributed by atoms with Crippen molar-refractivity contribution in [2.24, 2.45) is 11.7 Å². The predicted molar refractivity (Wildman–Crippen MR) is 60.5 cm³/mol. The van der Waals surface area contributed by atoms with Gasteiger partial charge >= 0.3 is 0 Å². The molecule has 0 saturated heterocycles. The van der Waals surface area contributed by atoms with Crippen LogP contribution in [0.25, 0.3) is 11.1 Å². The normalized spacial score (nSPS) is 13.2. The second-order valence-electron chi connectivity index (χ2n) is 3.79. The number of nitrogens with two attached hydrogens (primary N) is 1. The summed E-state index contributed by atoms with van der Waals surface area (Å²) < 4.78 is 5.64. The third-order valence-corrected chi connectivity index (χ3v) is 2.71. The van der Waals surface area contributed by atoms with Gasteiger partial charge in [0.2, 0.25) is 0 Å². The van der Waals surface area contributed by atoms with Gasteiger partial charge in [0.15, 0.2) is 11.5 Å². The summed E-state index contributed by atoms with van der Waals surface area (Å²) in [7, 11) is 0. The van der Waals surface area contributed by atoms with Crippen molar-refractivity contribution in [3.63, 3.8) is 0 Å². The summed E-state index contributed by atoms with van der Waals surface area (Å²) in [4.78, 5) is 4.43. The molecule has 80 valence electrons. The number of rotatable bonds is 4. The molecule has 0 bridgehead atoms. The lowest BCUT2D eigenvalue weighted by Crippen LogP contribution is -2.15. The second-order valence-corrected chi connectivity index (χ2v) is 3.79. The van der Waals surface area contributed by atoms with Crippen LogP contribution in [-0.4, -0.2) is 11.5 Å². The van der Waals surface area contributed by atoms with E-state index < -0.39 is 0 Å². The van der Waals surface area contributed by atoms with Crippen molar-refractivity contribution in [1.29, 1.82) is 0 Å². The lowest BCUT2D eigenvalue weighted by Gasteiger charge is -2.07. The lowest BCUT2D eigenvalue weighted by molar-refractivity contribution is 0.438. The number of nitrogens with zero attached hydrogens (tertiary/aromatic N) is 1. The Hall–Kier alpha value is -1.35. The summed E-state index contributed by atoms with van der Waals surface area (Å²) >= 11 is 0. The minimum absolute atomic E-state index is 0.470. The zero-order valence-corrected chi connectivity index (χ0v) is 8.94. The highest BCUT2D eigenvalue weighted by Gasteiger charge is 2.10. The monoisotopic (exact) mass is 204 g/mol. The van der Waals surface area contributed by atoms with Crippen LogP contribution >= 0.6 is 0 Å². The maximum absolute atomic E-state index is 5.66. The van der Waals surface area contributed by atoms with Gasteiger partial charge in [-0.3, -0.25) is 0 Å². The smallest absolute Gasteiger partial charge is 0.195 e. The number of hydrogen-bond donors (Lipinski definition) is 1. The first kappa shape index (κ1) is 10.2. The van der Waals surface area contributed by atoms with Gasteiger partial charge < -0.3 is 10.2 Å². The fraction of sp³-hybridized carbons (Fsp3) is 0.417. The molecule has 1 aromatic carbocycles. The van der Waals surface area contributed by atoms with Gasteiger partial charge in [-0.2, -0.15) is 0 Å². The molecule has 0 saturated carbocycles. The zero-order valence-electron chi connectivity index (χ0n) is 8.94. The molecule has 0 aliphatic carbocycles. The molecule has 0 fully saturated rings. The summed E-state index contributed by atoms with van der Waals surface area (Å²) in [6.07, 6.45) is 1.90. The van der Waals surface area contributed by atoms with E-state index in [-0.39, 0.29) is 0 Å². The Kier molecular flexibility index (Phi) is 3.02. The van der Waals surface area contributed by atoms with Gasteiger partial charge in [0, 0.05) is 6.42 Å². The predicted octanol–water partition coefficient (Wildman–Crippen LogP) is 2.36. The summed E-state index contributed by atoms with van der Waals surface area (Å²) in [5.41, 5.74) is 7.45. The summed E-state index contributed by atoms with van der Waals surface area (Å²) in [5.74, 6) is 1.27. The minimum atomic E-state index is 0.470. The van der Waals surface area contributed by atoms with Crippen LogP contribution < -0.4 is 5.73 Å². The van der Waals surface area contributed by atoms with E-state index in [2.05, 4.69) is 11.9 Å². The van der Waals surface area contributed by atoms with Gasteiger partial charge in [0.25, 0.3) is 0 Å². The summed E-state index contributed by atoms with van der Waals surface area (Å²) in [6, 6.07) is 7.83. The first-order valence-corrected chi connectivity index (χ1v) is 5.38. The summed E-state index contributed by atoms with van der Waals surface area (Å²) in [6.45, 7) is 2.83. The van der Waals surface area contributed by atoms with Gasteiger partial charge in [0.1, 0.15) is 5.52 Å². The van der Waals surface area contributed by atoms with Crippen LogP contribution in [-0.2, 0) is 6.42 Å². The number of aromatic nitrogens is 1. The van der Waals surface area contributed by atoms with E-state index in [1.165, 1.54) is 0 Å². The van der Waals surface area contributed by atoms with E-state index in [9.17, 15) is 0 Å². The second kappa shape index (κ2) is 4.45. The van der Waals surface area contributed by atoms with Crippen LogP contribution in [0.1, 0.15) is 19.2 Å². The van der Waals surface area contributed by atoms with Gasteiger partial charge in [-0.25, -0.2) is 4.98 Å². The van der Waals surface area contributed by atoms with E-state index in [0.717, 1.165) is 29.8 Å². The molecule has 2 aromatic rings. The molecular weight excluding hydrogens is 188 g/mol. The Morgan fingerprint density at radius 3 is 2.87 bits per heavy atom. The van der Waals surface area contributed by atoms with Crippen molar-refractivity contribution in [3.8, 4) is 0 Å². The maximum Gasteiger partial charge on any atom is 0.195 e. The van der Waals surface area contributed by atoms with Crippen LogP contribution in [0.15, 0.2) is 28.7 Å². The minimum Gasteiger partial charge on any atom is -0.441 e. The van der Waals surface area contributed by atoms with Gasteiger partial charge in [-0.15, -0.1) is 0 Å². The molecule has 3 nitrogen and oxygen atoms in total. The highest BCUT2D eigenvalue weighted by Crippen LogP contribution is 2.17. The van der Waals surface area contributed by atoms with Crippen molar-refractivity contribution in [3.05, 3.63) is 30.2 Å². The molecule has 0 spiro atoms. The molecule has 2 N–H and O–H groups in total. The lowest BCUT2D eigenvalue weighted by atomic mass is 10.0. The Morgan fingerprint density at radius 1 is 1.40 bits per heavy atom. The van der Waals surface area contributed by atoms with Crippen molar-refractivity contribution < 1.29 is 4.42 Å². The zero-order chi connectivity index (χ0) is 10.7. The fourth-order valence-electron chi connectivity index (χ4n) is 1.65. The van der Waals surface area contributed by atoms with Crippen LogP contribution in [0.4, 0.5) is 0 Å². The first-order chi connectivity index (χ1) is 7.33. The Morgan fingerprint density at radius 2 is 2.20 bits per heavy atom. The molecule has 0 radical (unpaired) electrons. The fourth-order valence-corrected chi connectivity index (χ4v) is 1.65. The highest BCUT2D eigenvalue weighted by atomic mass is 16.3. The van der Waals surface area contributed by atoms with Gasteiger partial charge in [-0.05, 0) is 24.6 Å².